The number of primary amides is 1. The second-order valence-electron chi connectivity index (χ2n) is 3.83. The summed E-state index contributed by atoms with van der Waals surface area (Å²) in [5.41, 5.74) is 5.82. The molecule has 1 fully saturated rings. The van der Waals surface area contributed by atoms with Crippen molar-refractivity contribution in [2.75, 3.05) is 5.32 Å². The molecule has 4 heteroatoms. The van der Waals surface area contributed by atoms with Crippen LogP contribution in [0.5, 0.6) is 0 Å². The highest BCUT2D eigenvalue weighted by atomic mass is 19.1. The first-order chi connectivity index (χ1) is 7.16. The van der Waals surface area contributed by atoms with Gasteiger partial charge in [0.05, 0.1) is 5.69 Å². The predicted octanol–water partition coefficient (Wildman–Crippen LogP) is 1.89. The number of benzene rings is 1. The molecule has 0 atom stereocenters. The summed E-state index contributed by atoms with van der Waals surface area (Å²) in [6.45, 7) is 0. The van der Waals surface area contributed by atoms with Crippen molar-refractivity contribution in [2.45, 2.75) is 25.3 Å². The maximum Gasteiger partial charge on any atom is 0.248 e. The second kappa shape index (κ2) is 3.88. The molecular formula is C11H13FN2O. The fourth-order valence-electron chi connectivity index (χ4n) is 1.56. The number of hydrogen-bond acceptors (Lipinski definition) is 2. The summed E-state index contributed by atoms with van der Waals surface area (Å²) in [4.78, 5) is 10.9. The monoisotopic (exact) mass is 208 g/mol. The van der Waals surface area contributed by atoms with Crippen LogP contribution in [0.3, 0.4) is 0 Å². The summed E-state index contributed by atoms with van der Waals surface area (Å²) >= 11 is 0. The number of carbonyl (C=O) groups excluding carboxylic acids is 1. The van der Waals surface area contributed by atoms with Crippen LogP contribution in [-0.2, 0) is 0 Å². The van der Waals surface area contributed by atoms with Gasteiger partial charge in [0.1, 0.15) is 5.82 Å². The first kappa shape index (κ1) is 9.96. The van der Waals surface area contributed by atoms with Gasteiger partial charge in [-0.25, -0.2) is 4.39 Å². The molecule has 1 aliphatic carbocycles. The van der Waals surface area contributed by atoms with Crippen molar-refractivity contribution in [3.63, 3.8) is 0 Å². The summed E-state index contributed by atoms with van der Waals surface area (Å²) in [5, 5.41) is 3.06. The lowest BCUT2D eigenvalue weighted by molar-refractivity contribution is 0.100. The molecule has 15 heavy (non-hydrogen) atoms. The Hall–Kier alpha value is -1.58. The van der Waals surface area contributed by atoms with E-state index in [4.69, 9.17) is 5.73 Å². The Morgan fingerprint density at radius 1 is 1.47 bits per heavy atom. The molecule has 0 saturated heterocycles. The van der Waals surface area contributed by atoms with Gasteiger partial charge in [-0.2, -0.15) is 0 Å². The molecular weight excluding hydrogens is 195 g/mol. The highest BCUT2D eigenvalue weighted by molar-refractivity contribution is 5.93. The van der Waals surface area contributed by atoms with Gasteiger partial charge in [0.2, 0.25) is 5.91 Å². The highest BCUT2D eigenvalue weighted by Gasteiger charge is 2.18. The molecule has 1 aromatic rings. The Morgan fingerprint density at radius 3 is 2.73 bits per heavy atom. The van der Waals surface area contributed by atoms with Crippen LogP contribution in [0.1, 0.15) is 29.6 Å². The molecule has 1 saturated carbocycles. The largest absolute Gasteiger partial charge is 0.380 e. The zero-order valence-electron chi connectivity index (χ0n) is 8.29. The minimum absolute atomic E-state index is 0.332. The number of hydrogen-bond donors (Lipinski definition) is 2. The molecule has 1 aliphatic rings. The first-order valence-electron chi connectivity index (χ1n) is 5.02. The van der Waals surface area contributed by atoms with Crippen molar-refractivity contribution >= 4 is 11.6 Å². The van der Waals surface area contributed by atoms with Crippen LogP contribution in [0.2, 0.25) is 0 Å². The molecule has 3 nitrogen and oxygen atoms in total. The predicted molar refractivity (Wildman–Crippen MR) is 56.2 cm³/mol. The molecule has 0 bridgehead atoms. The third-order valence-electron chi connectivity index (χ3n) is 2.72. The van der Waals surface area contributed by atoms with E-state index in [-0.39, 0.29) is 5.82 Å². The Balaban J connectivity index is 2.19. The molecule has 3 N–H and O–H groups in total. The van der Waals surface area contributed by atoms with Gasteiger partial charge >= 0.3 is 0 Å². The smallest absolute Gasteiger partial charge is 0.248 e. The quantitative estimate of drug-likeness (QED) is 0.797. The maximum atomic E-state index is 13.3. The van der Waals surface area contributed by atoms with Crippen molar-refractivity contribution in [3.8, 4) is 0 Å². The van der Waals surface area contributed by atoms with Crippen molar-refractivity contribution in [1.29, 1.82) is 0 Å². The molecule has 0 spiro atoms. The number of nitrogens with two attached hydrogens (primary N) is 1. The van der Waals surface area contributed by atoms with E-state index in [1.807, 2.05) is 0 Å². The molecule has 1 aromatic carbocycles. The van der Waals surface area contributed by atoms with E-state index in [9.17, 15) is 9.18 Å². The van der Waals surface area contributed by atoms with Gasteiger partial charge in [0.25, 0.3) is 0 Å². The zero-order valence-corrected chi connectivity index (χ0v) is 8.29. The van der Waals surface area contributed by atoms with Crippen LogP contribution in [0.25, 0.3) is 0 Å². The summed E-state index contributed by atoms with van der Waals surface area (Å²) in [6.07, 6.45) is 3.29. The lowest BCUT2D eigenvalue weighted by Crippen LogP contribution is -2.27. The number of amides is 1. The molecule has 1 amide bonds. The van der Waals surface area contributed by atoms with Crippen molar-refractivity contribution in [1.82, 2.24) is 0 Å². The lowest BCUT2D eigenvalue weighted by Gasteiger charge is -2.27. The molecule has 0 radical (unpaired) electrons. The number of carbonyl (C=O) groups is 1. The van der Waals surface area contributed by atoms with Gasteiger partial charge in [0.15, 0.2) is 0 Å². The van der Waals surface area contributed by atoms with Crippen LogP contribution in [-0.4, -0.2) is 11.9 Å². The van der Waals surface area contributed by atoms with E-state index in [1.165, 1.54) is 24.6 Å². The van der Waals surface area contributed by atoms with Crippen LogP contribution in [0.15, 0.2) is 18.2 Å². The van der Waals surface area contributed by atoms with Gasteiger partial charge in [0, 0.05) is 11.6 Å². The van der Waals surface area contributed by atoms with Gasteiger partial charge < -0.3 is 11.1 Å². The first-order valence-corrected chi connectivity index (χ1v) is 5.02. The lowest BCUT2D eigenvalue weighted by atomic mass is 9.93. The Morgan fingerprint density at radius 2 is 2.20 bits per heavy atom. The van der Waals surface area contributed by atoms with Crippen molar-refractivity contribution in [2.24, 2.45) is 5.73 Å². The zero-order chi connectivity index (χ0) is 10.8. The van der Waals surface area contributed by atoms with E-state index in [1.54, 1.807) is 0 Å². The molecule has 0 unspecified atom stereocenters. The number of halogens is 1. The molecule has 0 heterocycles. The minimum atomic E-state index is -0.536. The number of nitrogens with one attached hydrogen (secondary N) is 1. The minimum Gasteiger partial charge on any atom is -0.380 e. The van der Waals surface area contributed by atoms with E-state index >= 15 is 0 Å². The second-order valence-corrected chi connectivity index (χ2v) is 3.83. The summed E-state index contributed by atoms with van der Waals surface area (Å²) in [7, 11) is 0. The standard InChI is InChI=1S/C11H13FN2O/c12-9-5-4-7(11(13)15)6-10(9)14-8-2-1-3-8/h4-6,8,14H,1-3H2,(H2,13,15). The Kier molecular flexibility index (Phi) is 2.58. The molecule has 2 rings (SSSR count). The SMILES string of the molecule is NC(=O)c1ccc(F)c(NC2CCC2)c1. The van der Waals surface area contributed by atoms with E-state index < -0.39 is 5.91 Å². The van der Waals surface area contributed by atoms with Gasteiger partial charge in [-0.05, 0) is 37.5 Å². The molecule has 0 aliphatic heterocycles. The average Bonchev–Trinajstić information content (AvgIpc) is 2.13. The maximum absolute atomic E-state index is 13.3. The highest BCUT2D eigenvalue weighted by Crippen LogP contribution is 2.25. The molecule has 0 aromatic heterocycles. The normalized spacial score (nSPS) is 15.8. The van der Waals surface area contributed by atoms with Gasteiger partial charge in [-0.3, -0.25) is 4.79 Å². The van der Waals surface area contributed by atoms with Crippen molar-refractivity contribution in [3.05, 3.63) is 29.6 Å². The van der Waals surface area contributed by atoms with Crippen LogP contribution in [0, 0.1) is 5.82 Å². The third-order valence-corrected chi connectivity index (χ3v) is 2.72. The fourth-order valence-corrected chi connectivity index (χ4v) is 1.56. The van der Waals surface area contributed by atoms with E-state index in [0.29, 0.717) is 17.3 Å². The summed E-state index contributed by atoms with van der Waals surface area (Å²) in [6, 6.07) is 4.46. The Bertz CT molecular complexity index is 388. The van der Waals surface area contributed by atoms with E-state index in [2.05, 4.69) is 5.32 Å². The number of anilines is 1. The van der Waals surface area contributed by atoms with Crippen molar-refractivity contribution < 1.29 is 9.18 Å². The summed E-state index contributed by atoms with van der Waals surface area (Å²) in [5.74, 6) is -0.876. The van der Waals surface area contributed by atoms with Gasteiger partial charge in [-0.15, -0.1) is 0 Å². The number of rotatable bonds is 3. The van der Waals surface area contributed by atoms with Gasteiger partial charge in [-0.1, -0.05) is 0 Å². The topological polar surface area (TPSA) is 55.1 Å². The molecule has 80 valence electrons. The van der Waals surface area contributed by atoms with Crippen LogP contribution < -0.4 is 11.1 Å². The van der Waals surface area contributed by atoms with E-state index in [0.717, 1.165) is 12.8 Å². The Labute approximate surface area is 87.5 Å². The third kappa shape index (κ3) is 2.09. The van der Waals surface area contributed by atoms with Crippen LogP contribution >= 0.6 is 0 Å². The summed E-state index contributed by atoms with van der Waals surface area (Å²) < 4.78 is 13.3. The average molecular weight is 208 g/mol. The fraction of sp³-hybridized carbons (Fsp3) is 0.364. The van der Waals surface area contributed by atoms with Crippen LogP contribution in [0.4, 0.5) is 10.1 Å².